The molecular weight excluding hydrogens is 723 g/mol. The summed E-state index contributed by atoms with van der Waals surface area (Å²) in [4.78, 5) is 74.3. The second-order valence-electron chi connectivity index (χ2n) is 15.0. The molecule has 0 bridgehead atoms. The molecule has 3 amide bonds. The lowest BCUT2D eigenvalue weighted by Gasteiger charge is -2.39. The van der Waals surface area contributed by atoms with Crippen LogP contribution in [-0.2, 0) is 35.1 Å². The number of nitrogens with zero attached hydrogens (tertiary/aromatic N) is 3. The molecule has 1 fully saturated rings. The fourth-order valence-electron chi connectivity index (χ4n) is 6.87. The van der Waals surface area contributed by atoms with Gasteiger partial charge in [-0.05, 0) is 56.7 Å². The largest absolute Gasteiger partial charge is 0.481 e. The van der Waals surface area contributed by atoms with Crippen molar-refractivity contribution in [3.8, 4) is 0 Å². The second-order valence-corrected chi connectivity index (χ2v) is 15.9. The summed E-state index contributed by atoms with van der Waals surface area (Å²) in [5.74, 6) is -3.49. The Bertz CT molecular complexity index is 1570. The van der Waals surface area contributed by atoms with Gasteiger partial charge in [-0.2, -0.15) is 0 Å². The van der Waals surface area contributed by atoms with Crippen LogP contribution in [0.25, 0.3) is 0 Å². The number of benzene rings is 1. The van der Waals surface area contributed by atoms with Crippen molar-refractivity contribution in [3.63, 3.8) is 0 Å². The molecule has 0 saturated carbocycles. The second kappa shape index (κ2) is 22.4. The van der Waals surface area contributed by atoms with Gasteiger partial charge in [0.2, 0.25) is 11.8 Å². The van der Waals surface area contributed by atoms with Crippen LogP contribution in [0.2, 0.25) is 0 Å². The maximum atomic E-state index is 14.7. The quantitative estimate of drug-likeness (QED) is 0.0591. The van der Waals surface area contributed by atoms with Gasteiger partial charge in [-0.25, -0.2) is 4.98 Å². The van der Waals surface area contributed by atoms with Gasteiger partial charge in [-0.1, -0.05) is 83.9 Å². The van der Waals surface area contributed by atoms with Gasteiger partial charge >= 0.3 is 11.9 Å². The molecular formula is C41H61N5O8S. The Kier molecular flexibility index (Phi) is 18.4. The van der Waals surface area contributed by atoms with Crippen LogP contribution in [0, 0.1) is 17.8 Å². The Hall–Kier alpha value is -4.14. The average Bonchev–Trinajstić information content (AvgIpc) is 3.65. The van der Waals surface area contributed by atoms with E-state index in [-0.39, 0.29) is 61.6 Å². The van der Waals surface area contributed by atoms with E-state index in [4.69, 9.17) is 9.47 Å². The number of rotatable bonds is 22. The van der Waals surface area contributed by atoms with Gasteiger partial charge in [0.05, 0.1) is 18.6 Å². The minimum Gasteiger partial charge on any atom is -0.481 e. The zero-order valence-corrected chi connectivity index (χ0v) is 34.3. The fourth-order valence-corrected chi connectivity index (χ4v) is 7.71. The molecule has 304 valence electrons. The molecule has 13 nitrogen and oxygen atoms in total. The number of likely N-dealkylation sites (tertiary alicyclic amines) is 1. The van der Waals surface area contributed by atoms with Crippen LogP contribution >= 0.6 is 11.3 Å². The SMILES string of the molecule is C=CCOCN(C(=O)[C@@H](NC(=O)[C@H]1CCCCN1C)C(C)CC)C(C[C@@H](OC(C)=O)c1nc(C(=O)N[C@@H](Cc2ccccc2)C[C@H](C)C(=O)O)cs1)C(C)C. The average molecular weight is 784 g/mol. The van der Waals surface area contributed by atoms with Crippen molar-refractivity contribution < 1.29 is 38.6 Å². The van der Waals surface area contributed by atoms with Crippen LogP contribution in [0.4, 0.5) is 0 Å². The molecule has 0 spiro atoms. The van der Waals surface area contributed by atoms with Gasteiger partial charge < -0.3 is 30.1 Å². The summed E-state index contributed by atoms with van der Waals surface area (Å²) in [6, 6.07) is 7.35. The van der Waals surface area contributed by atoms with Gasteiger partial charge in [0.15, 0.2) is 6.10 Å². The highest BCUT2D eigenvalue weighted by atomic mass is 32.1. The van der Waals surface area contributed by atoms with Gasteiger partial charge in [-0.15, -0.1) is 17.9 Å². The number of likely N-dealkylation sites (N-methyl/N-ethyl adjacent to an activating group) is 1. The summed E-state index contributed by atoms with van der Waals surface area (Å²) in [5.41, 5.74) is 1.06. The lowest BCUT2D eigenvalue weighted by Crippen LogP contribution is -2.59. The van der Waals surface area contributed by atoms with E-state index in [0.717, 1.165) is 42.7 Å². The van der Waals surface area contributed by atoms with Crippen LogP contribution in [0.5, 0.6) is 0 Å². The molecule has 1 aliphatic rings. The predicted molar refractivity (Wildman–Crippen MR) is 212 cm³/mol. The topological polar surface area (TPSA) is 167 Å². The number of piperidine rings is 1. The van der Waals surface area contributed by atoms with E-state index in [1.807, 2.05) is 70.0 Å². The first-order valence-corrected chi connectivity index (χ1v) is 20.2. The monoisotopic (exact) mass is 783 g/mol. The summed E-state index contributed by atoms with van der Waals surface area (Å²) >= 11 is 1.16. The molecule has 7 atom stereocenters. The van der Waals surface area contributed by atoms with E-state index in [2.05, 4.69) is 22.2 Å². The van der Waals surface area contributed by atoms with Crippen LogP contribution < -0.4 is 10.6 Å². The number of hydrogen-bond acceptors (Lipinski definition) is 10. The third-order valence-corrected chi connectivity index (χ3v) is 11.2. The lowest BCUT2D eigenvalue weighted by molar-refractivity contribution is -0.153. The Balaban J connectivity index is 1.91. The summed E-state index contributed by atoms with van der Waals surface area (Å²) in [6.45, 7) is 15.4. The molecule has 2 unspecified atom stereocenters. The highest BCUT2D eigenvalue weighted by molar-refractivity contribution is 7.09. The predicted octanol–water partition coefficient (Wildman–Crippen LogP) is 5.62. The highest BCUT2D eigenvalue weighted by Crippen LogP contribution is 2.32. The summed E-state index contributed by atoms with van der Waals surface area (Å²) in [6.07, 6.45) is 4.80. The lowest BCUT2D eigenvalue weighted by atomic mass is 9.92. The van der Waals surface area contributed by atoms with Crippen molar-refractivity contribution in [1.29, 1.82) is 0 Å². The molecule has 0 radical (unpaired) electrons. The highest BCUT2D eigenvalue weighted by Gasteiger charge is 2.39. The van der Waals surface area contributed by atoms with Gasteiger partial charge in [0, 0.05) is 30.8 Å². The Morgan fingerprint density at radius 2 is 1.80 bits per heavy atom. The van der Waals surface area contributed by atoms with Crippen molar-refractivity contribution in [2.75, 3.05) is 26.9 Å². The van der Waals surface area contributed by atoms with E-state index in [9.17, 15) is 29.1 Å². The zero-order valence-electron chi connectivity index (χ0n) is 33.5. The van der Waals surface area contributed by atoms with Crippen LogP contribution in [0.3, 0.4) is 0 Å². The molecule has 14 heteroatoms. The number of carboxylic acids is 1. The van der Waals surface area contributed by atoms with Crippen molar-refractivity contribution in [2.24, 2.45) is 17.8 Å². The van der Waals surface area contributed by atoms with Crippen LogP contribution in [0.15, 0.2) is 48.4 Å². The zero-order chi connectivity index (χ0) is 40.7. The van der Waals surface area contributed by atoms with Crippen molar-refractivity contribution in [1.82, 2.24) is 25.4 Å². The molecule has 0 aliphatic carbocycles. The smallest absolute Gasteiger partial charge is 0.306 e. The number of ether oxygens (including phenoxy) is 2. The number of thiazole rings is 1. The van der Waals surface area contributed by atoms with Crippen LogP contribution in [0.1, 0.15) is 107 Å². The number of amides is 3. The van der Waals surface area contributed by atoms with E-state index >= 15 is 0 Å². The van der Waals surface area contributed by atoms with Crippen molar-refractivity contribution >= 4 is 41.0 Å². The summed E-state index contributed by atoms with van der Waals surface area (Å²) < 4.78 is 11.7. The number of carboxylic acid groups (broad SMARTS) is 1. The van der Waals surface area contributed by atoms with Gasteiger partial charge in [0.1, 0.15) is 23.5 Å². The minimum atomic E-state index is -0.954. The molecule has 3 rings (SSSR count). The number of aliphatic carboxylic acids is 1. The Morgan fingerprint density at radius 3 is 2.40 bits per heavy atom. The van der Waals surface area contributed by atoms with E-state index in [0.29, 0.717) is 17.8 Å². The molecule has 1 saturated heterocycles. The Labute approximate surface area is 330 Å². The third-order valence-electron chi connectivity index (χ3n) is 10.3. The third kappa shape index (κ3) is 13.8. The number of carbonyl (C=O) groups excluding carboxylic acids is 4. The molecule has 1 aromatic carbocycles. The summed E-state index contributed by atoms with van der Waals surface area (Å²) in [5, 5.41) is 17.6. The fraction of sp³-hybridized carbons (Fsp3) is 0.610. The molecule has 2 aromatic rings. The molecule has 2 heterocycles. The normalized spacial score (nSPS) is 17.9. The summed E-state index contributed by atoms with van der Waals surface area (Å²) in [7, 11) is 1.93. The Morgan fingerprint density at radius 1 is 1.09 bits per heavy atom. The molecule has 3 N–H and O–H groups in total. The number of hydrogen-bond donors (Lipinski definition) is 3. The molecule has 1 aromatic heterocycles. The number of carbonyl (C=O) groups is 5. The first-order valence-electron chi connectivity index (χ1n) is 19.4. The van der Waals surface area contributed by atoms with E-state index in [1.54, 1.807) is 23.3 Å². The molecule has 1 aliphatic heterocycles. The maximum Gasteiger partial charge on any atom is 0.306 e. The van der Waals surface area contributed by atoms with Gasteiger partial charge in [0.25, 0.3) is 5.91 Å². The minimum absolute atomic E-state index is 0.0876. The van der Waals surface area contributed by atoms with E-state index in [1.165, 1.54) is 6.92 Å². The molecule has 55 heavy (non-hydrogen) atoms. The first kappa shape index (κ1) is 45.3. The number of aromatic nitrogens is 1. The number of nitrogens with one attached hydrogen (secondary N) is 2. The van der Waals surface area contributed by atoms with Crippen molar-refractivity contribution in [2.45, 2.75) is 117 Å². The first-order chi connectivity index (χ1) is 26.2. The van der Waals surface area contributed by atoms with Crippen LogP contribution in [-0.4, -0.2) is 101 Å². The number of esters is 1. The maximum absolute atomic E-state index is 14.7. The standard InChI is InChI=1S/C41H61N5O8S/c1-9-20-53-25-46(40(50)36(27(5)10-2)44-38(49)33-18-14-15-19-45(33)8)34(26(3)4)23-35(54-29(7)47)39-43-32(24-55-39)37(48)42-31(21-28(6)41(51)52)22-30-16-12-11-13-17-30/h9,11-13,16-17,24,26-28,31,33-36H,1,10,14-15,18-23,25H2,2-8H3,(H,42,48)(H,44,49)(H,51,52)/t27?,28-,31+,33+,34?,35+,36-/m0/s1. The van der Waals surface area contributed by atoms with Crippen molar-refractivity contribution in [3.05, 3.63) is 64.6 Å². The van der Waals surface area contributed by atoms with E-state index < -0.39 is 48.0 Å². The van der Waals surface area contributed by atoms with Gasteiger partial charge in [-0.3, -0.25) is 28.9 Å².